The summed E-state index contributed by atoms with van der Waals surface area (Å²) < 4.78 is 13.6. The first-order valence-corrected chi connectivity index (χ1v) is 13.8. The number of esters is 1. The first-order valence-electron chi connectivity index (χ1n) is 13.4. The number of fused-ring (bicyclic) bond motifs is 7. The van der Waals surface area contributed by atoms with Gasteiger partial charge in [-0.2, -0.15) is 0 Å². The lowest BCUT2D eigenvalue weighted by molar-refractivity contribution is -0.116. The second-order valence-corrected chi connectivity index (χ2v) is 12.4. The minimum atomic E-state index is -0.647. The Balaban J connectivity index is 1.63. The predicted octanol–water partition coefficient (Wildman–Crippen LogP) is 7.57. The van der Waals surface area contributed by atoms with E-state index >= 15 is 0 Å². The van der Waals surface area contributed by atoms with Crippen LogP contribution in [0.25, 0.3) is 22.2 Å². The van der Waals surface area contributed by atoms with E-state index in [-0.39, 0.29) is 17.1 Å². The number of carbonyl (C=O) groups is 2. The summed E-state index contributed by atoms with van der Waals surface area (Å²) in [6, 6.07) is 12.2. The number of rotatable bonds is 4. The van der Waals surface area contributed by atoms with E-state index in [0.717, 1.165) is 47.0 Å². The Bertz CT molecular complexity index is 1430. The molecule has 1 aromatic heterocycles. The zero-order valence-electron chi connectivity index (χ0n) is 22.0. The van der Waals surface area contributed by atoms with E-state index in [0.29, 0.717) is 18.0 Å². The molecule has 37 heavy (non-hydrogen) atoms. The first kappa shape index (κ1) is 24.5. The van der Waals surface area contributed by atoms with Gasteiger partial charge in [-0.25, -0.2) is 4.79 Å². The third kappa shape index (κ3) is 3.98. The summed E-state index contributed by atoms with van der Waals surface area (Å²) in [7, 11) is 1.67. The van der Waals surface area contributed by atoms with Crippen LogP contribution in [0, 0.1) is 5.41 Å². The predicted molar refractivity (Wildman–Crippen MR) is 146 cm³/mol. The molecule has 2 unspecified atom stereocenters. The van der Waals surface area contributed by atoms with Gasteiger partial charge in [0.15, 0.2) is 0 Å². The maximum atomic E-state index is 13.0. The average Bonchev–Trinajstić information content (AvgIpc) is 3.54. The second kappa shape index (κ2) is 8.62. The highest BCUT2D eigenvalue weighted by Crippen LogP contribution is 2.66. The van der Waals surface area contributed by atoms with E-state index in [2.05, 4.69) is 22.8 Å². The lowest BCUT2D eigenvalue weighted by Gasteiger charge is -2.24. The van der Waals surface area contributed by atoms with Crippen LogP contribution in [0.3, 0.4) is 0 Å². The molecule has 2 atom stereocenters. The number of hydrogen-bond acceptors (Lipinski definition) is 4. The van der Waals surface area contributed by atoms with Crippen LogP contribution in [-0.2, 0) is 16.1 Å². The SMILES string of the molecule is COc1ccc2c(c1)C1CC1(C(=O)Cl)Cn1c-2c(C2CCCCC2)c2ccc(C(=O)OC(C)(C)C)cc21. The summed E-state index contributed by atoms with van der Waals surface area (Å²) in [6.07, 6.45) is 6.72. The molecule has 0 spiro atoms. The number of methoxy groups -OCH3 is 1. The summed E-state index contributed by atoms with van der Waals surface area (Å²) in [5.41, 5.74) is 5.08. The molecule has 0 bridgehead atoms. The highest BCUT2D eigenvalue weighted by atomic mass is 35.5. The van der Waals surface area contributed by atoms with E-state index < -0.39 is 11.0 Å². The second-order valence-electron chi connectivity index (χ2n) is 12.1. The molecule has 0 N–H and O–H groups in total. The van der Waals surface area contributed by atoms with Crippen molar-refractivity contribution in [2.75, 3.05) is 7.11 Å². The van der Waals surface area contributed by atoms with Crippen molar-refractivity contribution in [3.63, 3.8) is 0 Å². The van der Waals surface area contributed by atoms with Gasteiger partial charge in [-0.3, -0.25) is 4.79 Å². The largest absolute Gasteiger partial charge is 0.497 e. The Morgan fingerprint density at radius 3 is 2.49 bits per heavy atom. The third-order valence-electron chi connectivity index (χ3n) is 8.55. The molecule has 3 aromatic rings. The molecule has 0 saturated heterocycles. The van der Waals surface area contributed by atoms with E-state index in [1.165, 1.54) is 30.5 Å². The van der Waals surface area contributed by atoms with Gasteiger partial charge in [0.1, 0.15) is 11.4 Å². The van der Waals surface area contributed by atoms with Gasteiger partial charge < -0.3 is 14.0 Å². The molecule has 2 aliphatic carbocycles. The molecule has 6 heteroatoms. The topological polar surface area (TPSA) is 57.5 Å². The molecule has 2 aromatic carbocycles. The van der Waals surface area contributed by atoms with Crippen molar-refractivity contribution in [3.05, 3.63) is 53.1 Å². The van der Waals surface area contributed by atoms with Crippen LogP contribution in [0.4, 0.5) is 0 Å². The molecule has 194 valence electrons. The van der Waals surface area contributed by atoms with Crippen LogP contribution in [0.1, 0.15) is 92.6 Å². The Morgan fingerprint density at radius 2 is 1.81 bits per heavy atom. The zero-order valence-corrected chi connectivity index (χ0v) is 22.8. The molecule has 2 heterocycles. The van der Waals surface area contributed by atoms with Crippen molar-refractivity contribution < 1.29 is 19.1 Å². The fourth-order valence-electron chi connectivity index (χ4n) is 6.72. The summed E-state index contributed by atoms with van der Waals surface area (Å²) in [5, 5.41) is 0.871. The first-order chi connectivity index (χ1) is 17.6. The maximum absolute atomic E-state index is 13.0. The van der Waals surface area contributed by atoms with Crippen LogP contribution in [0.15, 0.2) is 36.4 Å². The summed E-state index contributed by atoms with van der Waals surface area (Å²) >= 11 is 6.32. The van der Waals surface area contributed by atoms with Crippen LogP contribution < -0.4 is 4.74 Å². The minimum absolute atomic E-state index is 0.0609. The van der Waals surface area contributed by atoms with Crippen molar-refractivity contribution in [2.24, 2.45) is 5.41 Å². The van der Waals surface area contributed by atoms with Crippen molar-refractivity contribution in [3.8, 4) is 17.0 Å². The minimum Gasteiger partial charge on any atom is -0.497 e. The smallest absolute Gasteiger partial charge is 0.338 e. The molecule has 2 saturated carbocycles. The lowest BCUT2D eigenvalue weighted by atomic mass is 9.81. The van der Waals surface area contributed by atoms with Crippen LogP contribution >= 0.6 is 11.6 Å². The van der Waals surface area contributed by atoms with E-state index in [4.69, 9.17) is 21.1 Å². The fraction of sp³-hybridized carbons (Fsp3) is 0.484. The van der Waals surface area contributed by atoms with Gasteiger partial charge in [-0.05, 0) is 99.0 Å². The number of halogens is 1. The fourth-order valence-corrected chi connectivity index (χ4v) is 6.99. The Hall–Kier alpha value is -2.79. The summed E-state index contributed by atoms with van der Waals surface area (Å²) in [5.74, 6) is 0.950. The van der Waals surface area contributed by atoms with E-state index in [1.807, 2.05) is 39.0 Å². The standard InChI is InChI=1S/C31H34ClNO4/c1-30(2,3)37-28(34)19-10-12-22-25(14-19)33-17-31(29(32)35)16-24(31)23-15-20(36-4)11-13-21(23)27(33)26(22)18-8-6-5-7-9-18/h10-15,18,24H,5-9,16-17H2,1-4H3. The van der Waals surface area contributed by atoms with E-state index in [1.54, 1.807) is 7.11 Å². The maximum Gasteiger partial charge on any atom is 0.338 e. The number of benzene rings is 2. The Labute approximate surface area is 223 Å². The molecule has 0 radical (unpaired) electrons. The number of aromatic nitrogens is 1. The van der Waals surface area contributed by atoms with Crippen LogP contribution in [0.5, 0.6) is 5.75 Å². The van der Waals surface area contributed by atoms with Gasteiger partial charge in [-0.15, -0.1) is 0 Å². The molecular weight excluding hydrogens is 486 g/mol. The normalized spacial score (nSPS) is 23.0. The zero-order chi connectivity index (χ0) is 26.1. The van der Waals surface area contributed by atoms with Gasteiger partial charge >= 0.3 is 5.97 Å². The summed E-state index contributed by atoms with van der Waals surface area (Å²) in [6.45, 7) is 6.14. The van der Waals surface area contributed by atoms with Gasteiger partial charge in [0.05, 0.1) is 23.8 Å². The molecule has 3 aliphatic rings. The van der Waals surface area contributed by atoms with Gasteiger partial charge in [-0.1, -0.05) is 25.3 Å². The molecule has 2 fully saturated rings. The van der Waals surface area contributed by atoms with Gasteiger partial charge in [0.25, 0.3) is 0 Å². The Morgan fingerprint density at radius 1 is 1.05 bits per heavy atom. The Kier molecular flexibility index (Phi) is 5.72. The molecular formula is C31H34ClNO4. The number of carbonyl (C=O) groups excluding carboxylic acids is 2. The van der Waals surface area contributed by atoms with Crippen molar-refractivity contribution in [2.45, 2.75) is 83.3 Å². The van der Waals surface area contributed by atoms with Crippen molar-refractivity contribution >= 4 is 33.7 Å². The van der Waals surface area contributed by atoms with Gasteiger partial charge in [0.2, 0.25) is 5.24 Å². The molecule has 5 nitrogen and oxygen atoms in total. The highest BCUT2D eigenvalue weighted by molar-refractivity contribution is 6.65. The third-order valence-corrected chi connectivity index (χ3v) is 8.92. The highest BCUT2D eigenvalue weighted by Gasteiger charge is 2.62. The van der Waals surface area contributed by atoms with E-state index in [9.17, 15) is 9.59 Å². The number of nitrogens with zero attached hydrogens (tertiary/aromatic N) is 1. The number of ether oxygens (including phenoxy) is 2. The molecule has 1 aliphatic heterocycles. The monoisotopic (exact) mass is 519 g/mol. The molecule has 0 amide bonds. The van der Waals surface area contributed by atoms with Crippen molar-refractivity contribution in [1.82, 2.24) is 4.57 Å². The molecule has 6 rings (SSSR count). The lowest BCUT2D eigenvalue weighted by Crippen LogP contribution is -2.24. The van der Waals surface area contributed by atoms with Gasteiger partial charge in [0, 0.05) is 28.9 Å². The van der Waals surface area contributed by atoms with Crippen molar-refractivity contribution in [1.29, 1.82) is 0 Å². The number of hydrogen-bond donors (Lipinski definition) is 0. The summed E-state index contributed by atoms with van der Waals surface area (Å²) in [4.78, 5) is 26.0. The quantitative estimate of drug-likeness (QED) is 0.263. The van der Waals surface area contributed by atoms with Crippen LogP contribution in [0.2, 0.25) is 0 Å². The van der Waals surface area contributed by atoms with Crippen LogP contribution in [-0.4, -0.2) is 28.5 Å². The average molecular weight is 520 g/mol.